The fraction of sp³-hybridized carbons (Fsp3) is 0.629. The van der Waals surface area contributed by atoms with Gasteiger partial charge in [0.1, 0.15) is 18.3 Å². The third-order valence-corrected chi connectivity index (χ3v) is 21.7. The quantitative estimate of drug-likeness (QED) is 0.0603. The number of benzene rings is 1. The van der Waals surface area contributed by atoms with E-state index >= 15 is 0 Å². The Hall–Kier alpha value is -7.00. The Balaban J connectivity index is 1.19. The second kappa shape index (κ2) is 25.6. The largest absolute Gasteiger partial charge is 0.472 e. The van der Waals surface area contributed by atoms with Gasteiger partial charge in [-0.05, 0) is 108 Å². The maximum Gasteiger partial charge on any atom is 0.472 e. The minimum atomic E-state index is -5.07. The van der Waals surface area contributed by atoms with Gasteiger partial charge in [0.15, 0.2) is 6.23 Å². The molecule has 492 valence electrons. The van der Waals surface area contributed by atoms with Crippen LogP contribution in [0.1, 0.15) is 150 Å². The van der Waals surface area contributed by atoms with Crippen LogP contribution in [0.25, 0.3) is 11.0 Å². The van der Waals surface area contributed by atoms with E-state index in [9.17, 15) is 53.2 Å². The normalized spacial score (nSPS) is 32.8. The number of aromatic nitrogens is 2. The zero-order valence-corrected chi connectivity index (χ0v) is 54.1. The predicted octanol–water partition coefficient (Wildman–Crippen LogP) is 3.16. The van der Waals surface area contributed by atoms with Crippen molar-refractivity contribution in [3.05, 3.63) is 63.9 Å². The van der Waals surface area contributed by atoms with E-state index < -0.39 is 143 Å². The van der Waals surface area contributed by atoms with Crippen LogP contribution < -0.4 is 45.0 Å². The monoisotopic (exact) mass is 1270 g/mol. The fourth-order valence-corrected chi connectivity index (χ4v) is 16.6. The summed E-state index contributed by atoms with van der Waals surface area (Å²) in [6.45, 7) is 19.3. The van der Waals surface area contributed by atoms with Gasteiger partial charge in [-0.25, -0.2) is 9.55 Å². The Labute approximate surface area is 523 Å². The molecule has 0 radical (unpaired) electrons. The van der Waals surface area contributed by atoms with Gasteiger partial charge in [0.25, 0.3) is 0 Å². The van der Waals surface area contributed by atoms with Gasteiger partial charge in [-0.2, -0.15) is 0 Å². The number of carbonyl (C=O) groups is 7. The zero-order valence-electron chi connectivity index (χ0n) is 53.3. The minimum absolute atomic E-state index is 0.0114. The summed E-state index contributed by atoms with van der Waals surface area (Å²) in [5.74, 6) is -7.18. The number of nitrogens with zero attached hydrogens (tertiary/aromatic N) is 5. The number of imidazole rings is 1. The van der Waals surface area contributed by atoms with Gasteiger partial charge in [0.05, 0.1) is 41.7 Å². The summed E-state index contributed by atoms with van der Waals surface area (Å²) in [4.78, 5) is 126. The molecule has 28 heteroatoms. The molecule has 2 fully saturated rings. The van der Waals surface area contributed by atoms with Crippen molar-refractivity contribution in [3.63, 3.8) is 0 Å². The fourth-order valence-electron chi connectivity index (χ4n) is 15.4. The third kappa shape index (κ3) is 13.0. The minimum Gasteiger partial charge on any atom is -0.394 e. The van der Waals surface area contributed by atoms with Crippen molar-refractivity contribution in [1.82, 2.24) is 20.2 Å². The van der Waals surface area contributed by atoms with Gasteiger partial charge in [0, 0.05) is 131 Å². The van der Waals surface area contributed by atoms with Crippen LogP contribution in [0, 0.1) is 59.2 Å². The summed E-state index contributed by atoms with van der Waals surface area (Å²) in [6, 6.07) is 2.70. The molecule has 0 saturated carbocycles. The van der Waals surface area contributed by atoms with E-state index in [1.807, 2.05) is 87.4 Å². The van der Waals surface area contributed by atoms with Gasteiger partial charge < -0.3 is 69.4 Å². The number of rotatable bonds is 26. The van der Waals surface area contributed by atoms with E-state index in [2.05, 4.69) is 15.6 Å². The lowest BCUT2D eigenvalue weighted by molar-refractivity contribution is -0.124. The SMILES string of the molecule is CC1=C2N=C(C=C3N/C(=C(/C)C4=NC(C)(C5N=C1C(C)(CCC(=O)NCC(C)OP(=O)(O)O[C@H]1[C@@H](O)[C@H](n6cnc7cc(C)c(C)cc76)O[C@@H]1CO)C5CC(N)=O)C(C)(CC(N)=O)C4CCC(N)=O)C(C)(CC(N)=O)C3CCC(N)=O)C(C)(C)C2CCC(N)=O. The number of aryl methyl sites for hydroxylation is 2. The van der Waals surface area contributed by atoms with Crippen LogP contribution in [-0.2, 0) is 51.9 Å². The maximum absolute atomic E-state index is 14.4. The first kappa shape index (κ1) is 68.9. The number of hydrogen-bond acceptors (Lipinski definition) is 18. The van der Waals surface area contributed by atoms with E-state index in [1.54, 1.807) is 4.57 Å². The number of aliphatic hydroxyl groups excluding tert-OH is 2. The zero-order chi connectivity index (χ0) is 66.7. The molecule has 17 N–H and O–H groups in total. The first-order valence-electron chi connectivity index (χ1n) is 30.6. The average molecular weight is 1270 g/mol. The molecule has 0 aliphatic carbocycles. The van der Waals surface area contributed by atoms with Gasteiger partial charge >= 0.3 is 7.82 Å². The molecule has 7 heterocycles. The van der Waals surface area contributed by atoms with Crippen molar-refractivity contribution in [2.24, 2.45) is 94.7 Å². The van der Waals surface area contributed by atoms with Gasteiger partial charge in [-0.15, -0.1) is 0 Å². The van der Waals surface area contributed by atoms with E-state index in [1.165, 1.54) is 13.3 Å². The van der Waals surface area contributed by atoms with Crippen LogP contribution in [-0.4, -0.2) is 132 Å². The lowest BCUT2D eigenvalue weighted by Gasteiger charge is -2.48. The summed E-state index contributed by atoms with van der Waals surface area (Å²) >= 11 is 0. The Morgan fingerprint density at radius 1 is 0.800 bits per heavy atom. The molecule has 11 unspecified atom stereocenters. The summed E-state index contributed by atoms with van der Waals surface area (Å²) in [5.41, 5.74) is 37.4. The molecule has 6 aliphatic heterocycles. The average Bonchev–Trinajstić information content (AvgIpc) is 1.53. The number of amides is 7. The number of ether oxygens (including phenoxy) is 1. The van der Waals surface area contributed by atoms with Crippen LogP contribution in [0.15, 0.2) is 67.8 Å². The van der Waals surface area contributed by atoms with Crippen molar-refractivity contribution in [2.45, 2.75) is 189 Å². The Morgan fingerprint density at radius 3 is 1.99 bits per heavy atom. The van der Waals surface area contributed by atoms with Crippen molar-refractivity contribution in [1.29, 1.82) is 0 Å². The molecule has 6 aliphatic rings. The molecule has 1 aromatic carbocycles. The maximum atomic E-state index is 14.4. The smallest absolute Gasteiger partial charge is 0.394 e. The van der Waals surface area contributed by atoms with Crippen molar-refractivity contribution in [2.75, 3.05) is 13.2 Å². The summed E-state index contributed by atoms with van der Waals surface area (Å²) < 4.78 is 32.3. The Bertz CT molecular complexity index is 3540. The summed E-state index contributed by atoms with van der Waals surface area (Å²) in [5, 5.41) is 28.2. The first-order chi connectivity index (χ1) is 41.8. The predicted molar refractivity (Wildman–Crippen MR) is 334 cm³/mol. The molecule has 2 saturated heterocycles. The van der Waals surface area contributed by atoms with Crippen molar-refractivity contribution >= 4 is 77.3 Å². The number of allylic oxidation sites excluding steroid dienone is 6. The highest BCUT2D eigenvalue weighted by Crippen LogP contribution is 2.63. The molecule has 7 amide bonds. The molecular weight excluding hydrogens is 1180 g/mol. The van der Waals surface area contributed by atoms with Crippen LogP contribution in [0.3, 0.4) is 0 Å². The van der Waals surface area contributed by atoms with Gasteiger partial charge in [-0.3, -0.25) is 57.6 Å². The van der Waals surface area contributed by atoms with Gasteiger partial charge in [-0.1, -0.05) is 34.6 Å². The topological polar surface area (TPSA) is 460 Å². The lowest BCUT2D eigenvalue weighted by atomic mass is 9.55. The molecule has 27 nitrogen and oxygen atoms in total. The van der Waals surface area contributed by atoms with Crippen LogP contribution in [0.4, 0.5) is 0 Å². The summed E-state index contributed by atoms with van der Waals surface area (Å²) in [6.07, 6.45) is -4.26. The lowest BCUT2D eigenvalue weighted by Crippen LogP contribution is -2.56. The molecule has 1 aromatic heterocycles. The number of phosphoric ester groups is 1. The number of phosphoric acid groups is 1. The van der Waals surface area contributed by atoms with E-state index in [-0.39, 0.29) is 77.2 Å². The second-order valence-corrected chi connectivity index (χ2v) is 28.4. The van der Waals surface area contributed by atoms with Crippen molar-refractivity contribution in [3.8, 4) is 0 Å². The van der Waals surface area contributed by atoms with E-state index in [0.29, 0.717) is 56.4 Å². The molecule has 0 spiro atoms. The number of nitrogens with two attached hydrogens (primary N) is 6. The molecular formula is C62H90N13O14P. The molecule has 2 aromatic rings. The van der Waals surface area contributed by atoms with Crippen LogP contribution >= 0.6 is 7.82 Å². The van der Waals surface area contributed by atoms with Crippen molar-refractivity contribution < 1.29 is 67.0 Å². The number of aliphatic hydroxyl groups is 2. The Morgan fingerprint density at radius 2 is 1.40 bits per heavy atom. The number of carbonyl (C=O) groups excluding carboxylic acids is 7. The van der Waals surface area contributed by atoms with Crippen LogP contribution in [0.5, 0.6) is 0 Å². The highest BCUT2D eigenvalue weighted by atomic mass is 31.2. The summed E-state index contributed by atoms with van der Waals surface area (Å²) in [7, 11) is -5.07. The third-order valence-electron chi connectivity index (χ3n) is 20.6. The molecule has 15 atom stereocenters. The Kier molecular flexibility index (Phi) is 19.6. The highest BCUT2D eigenvalue weighted by Gasteiger charge is 2.66. The first-order valence-corrected chi connectivity index (χ1v) is 32.1. The van der Waals surface area contributed by atoms with Crippen LogP contribution in [0.2, 0.25) is 0 Å². The number of aliphatic imine (C=N–C) groups is 3. The van der Waals surface area contributed by atoms with Gasteiger partial charge in [0.2, 0.25) is 41.4 Å². The number of nitrogens with one attached hydrogen (secondary N) is 2. The van der Waals surface area contributed by atoms with E-state index in [4.69, 9.17) is 63.2 Å². The van der Waals surface area contributed by atoms with E-state index in [0.717, 1.165) is 11.1 Å². The second-order valence-electron chi connectivity index (χ2n) is 27.1. The standard InChI is InChI=1S/C62H90N13O14P/c1-29-20-39-40(21-30(29)2)75(28-70-39)57-52(84)53(41(27-76)87-57)89-90(85,86)88-31(3)26-69-49(83)18-19-59(8)37(22-46(66)80)56-62(11)61(10,25-48(68)82)36(14-17-45(65)79)51(74-62)33(5)55-60(9,24-47(67)81)34(12-15-43(63)77)38(71-55)23-42-58(6,7)35(13-16-44(64)78)50(72-42)32(4)54(59)73-56/h20-21,23,28,31,34-37,41,52-53,56-57,71,76,84H,12-19,22,24-27H2,1-11H3,(H2,63,77)(H2,64,78)(H2,65,79)(H2,66,80)(H2,67,81)(H2,68,82)(H,69,83)(H,85,86)/b38-23?,50-32?,55-33-/t31?,34?,35?,36?,37?,41-,52-,53-,56?,57-,59?,60?,61?,62?/m1/s1. The number of primary amides is 6. The highest BCUT2D eigenvalue weighted by molar-refractivity contribution is 7.47. The molecule has 8 rings (SSSR count). The molecule has 8 bridgehead atoms. The number of hydrogen-bond donors (Lipinski definition) is 11. The molecule has 90 heavy (non-hydrogen) atoms. The number of fused-ring (bicyclic) bond motifs is 7.